The van der Waals surface area contributed by atoms with Crippen LogP contribution in [0.15, 0.2) is 60.7 Å². The fourth-order valence-electron chi connectivity index (χ4n) is 2.85. The van der Waals surface area contributed by atoms with Crippen molar-refractivity contribution in [2.75, 3.05) is 0 Å². The zero-order chi connectivity index (χ0) is 18.5. The van der Waals surface area contributed by atoms with Crippen molar-refractivity contribution in [1.82, 2.24) is 0 Å². The summed E-state index contributed by atoms with van der Waals surface area (Å²) in [5.41, 5.74) is 5.59. The number of hydrogen-bond acceptors (Lipinski definition) is 2. The lowest BCUT2D eigenvalue weighted by Crippen LogP contribution is -1.90. The highest BCUT2D eigenvalue weighted by Crippen LogP contribution is 2.28. The maximum atomic E-state index is 11.0. The van der Waals surface area contributed by atoms with E-state index in [0.29, 0.717) is 16.1 Å². The number of nitrogens with zero attached hydrogens (tertiary/aromatic N) is 1. The second kappa shape index (κ2) is 7.82. The molecular weight excluding hydrogens is 342 g/mol. The molecular formula is C23H16ClNO. The standard InChI is InChI=1S/C23H16ClNO/c1-16-12-19(23(24)13-20(16)15-26)11-10-18-8-5-9-21(22(18)14-25)17-6-3-2-4-7-17/h2-13,15H,1H3/b11-10+. The van der Waals surface area contributed by atoms with E-state index in [1.165, 1.54) is 0 Å². The zero-order valence-corrected chi connectivity index (χ0v) is 15.0. The lowest BCUT2D eigenvalue weighted by molar-refractivity contribution is 0.112. The zero-order valence-electron chi connectivity index (χ0n) is 14.2. The fraction of sp³-hybridized carbons (Fsp3) is 0.0435. The van der Waals surface area contributed by atoms with Gasteiger partial charge in [-0.15, -0.1) is 0 Å². The topological polar surface area (TPSA) is 40.9 Å². The Kier molecular flexibility index (Phi) is 5.31. The lowest BCUT2D eigenvalue weighted by atomic mass is 9.95. The Morgan fingerprint density at radius 2 is 1.65 bits per heavy atom. The predicted molar refractivity (Wildman–Crippen MR) is 107 cm³/mol. The largest absolute Gasteiger partial charge is 0.298 e. The molecule has 3 rings (SSSR count). The van der Waals surface area contributed by atoms with Crippen LogP contribution < -0.4 is 0 Å². The molecule has 0 atom stereocenters. The van der Waals surface area contributed by atoms with Crippen molar-refractivity contribution in [3.8, 4) is 17.2 Å². The van der Waals surface area contributed by atoms with E-state index in [1.54, 1.807) is 6.07 Å². The second-order valence-corrected chi connectivity index (χ2v) is 6.34. The first-order valence-corrected chi connectivity index (χ1v) is 8.54. The van der Waals surface area contributed by atoms with Gasteiger partial charge in [0.05, 0.1) is 5.56 Å². The van der Waals surface area contributed by atoms with E-state index in [2.05, 4.69) is 6.07 Å². The van der Waals surface area contributed by atoms with Crippen molar-refractivity contribution in [3.63, 3.8) is 0 Å². The molecule has 0 N–H and O–H groups in total. The van der Waals surface area contributed by atoms with Gasteiger partial charge in [0.2, 0.25) is 0 Å². The van der Waals surface area contributed by atoms with Crippen LogP contribution in [0.1, 0.15) is 32.6 Å². The molecule has 0 aliphatic carbocycles. The van der Waals surface area contributed by atoms with E-state index < -0.39 is 0 Å². The van der Waals surface area contributed by atoms with Crippen LogP contribution in [0.3, 0.4) is 0 Å². The van der Waals surface area contributed by atoms with Gasteiger partial charge in [0.25, 0.3) is 0 Å². The summed E-state index contributed by atoms with van der Waals surface area (Å²) in [5.74, 6) is 0. The summed E-state index contributed by atoms with van der Waals surface area (Å²) >= 11 is 6.27. The minimum atomic E-state index is 0.506. The molecule has 3 aromatic rings. The van der Waals surface area contributed by atoms with Crippen LogP contribution in [0.5, 0.6) is 0 Å². The molecule has 2 nitrogen and oxygen atoms in total. The van der Waals surface area contributed by atoms with E-state index >= 15 is 0 Å². The number of carbonyl (C=O) groups excluding carboxylic acids is 1. The molecule has 0 aliphatic heterocycles. The minimum absolute atomic E-state index is 0.506. The number of aldehydes is 1. The summed E-state index contributed by atoms with van der Waals surface area (Å²) in [7, 11) is 0. The first-order valence-electron chi connectivity index (χ1n) is 8.16. The molecule has 0 fully saturated rings. The lowest BCUT2D eigenvalue weighted by Gasteiger charge is -2.08. The van der Waals surface area contributed by atoms with Gasteiger partial charge in [0.1, 0.15) is 12.4 Å². The van der Waals surface area contributed by atoms with Crippen LogP contribution in [0.2, 0.25) is 5.02 Å². The average molecular weight is 358 g/mol. The molecule has 0 radical (unpaired) electrons. The molecule has 0 heterocycles. The van der Waals surface area contributed by atoms with Gasteiger partial charge in [-0.3, -0.25) is 4.79 Å². The van der Waals surface area contributed by atoms with E-state index in [-0.39, 0.29) is 0 Å². The summed E-state index contributed by atoms with van der Waals surface area (Å²) < 4.78 is 0. The summed E-state index contributed by atoms with van der Waals surface area (Å²) in [6.45, 7) is 1.87. The van der Waals surface area contributed by atoms with Gasteiger partial charge >= 0.3 is 0 Å². The quantitative estimate of drug-likeness (QED) is 0.413. The van der Waals surface area contributed by atoms with Gasteiger partial charge in [0, 0.05) is 16.1 Å². The molecule has 3 aromatic carbocycles. The highest BCUT2D eigenvalue weighted by molar-refractivity contribution is 6.32. The van der Waals surface area contributed by atoms with Gasteiger partial charge < -0.3 is 0 Å². The molecule has 3 heteroatoms. The monoisotopic (exact) mass is 357 g/mol. The Morgan fingerprint density at radius 1 is 0.923 bits per heavy atom. The van der Waals surface area contributed by atoms with Crippen molar-refractivity contribution < 1.29 is 4.79 Å². The van der Waals surface area contributed by atoms with E-state index in [9.17, 15) is 10.1 Å². The number of carbonyl (C=O) groups is 1. The molecule has 0 spiro atoms. The number of rotatable bonds is 4. The van der Waals surface area contributed by atoms with Crippen molar-refractivity contribution in [1.29, 1.82) is 5.26 Å². The third-order valence-electron chi connectivity index (χ3n) is 4.25. The van der Waals surface area contributed by atoms with Crippen LogP contribution in [0, 0.1) is 18.3 Å². The third kappa shape index (κ3) is 3.59. The molecule has 126 valence electrons. The minimum Gasteiger partial charge on any atom is -0.298 e. The van der Waals surface area contributed by atoms with E-state index in [0.717, 1.165) is 34.1 Å². The maximum Gasteiger partial charge on any atom is 0.150 e. The molecule has 26 heavy (non-hydrogen) atoms. The van der Waals surface area contributed by atoms with Crippen molar-refractivity contribution in [3.05, 3.63) is 93.5 Å². The number of nitriles is 1. The smallest absolute Gasteiger partial charge is 0.150 e. The van der Waals surface area contributed by atoms with Crippen LogP contribution >= 0.6 is 11.6 Å². The number of halogens is 1. The predicted octanol–water partition coefficient (Wildman–Crippen LogP) is 6.17. The second-order valence-electron chi connectivity index (χ2n) is 5.93. The Labute approximate surface area is 158 Å². The third-order valence-corrected chi connectivity index (χ3v) is 4.58. The normalized spacial score (nSPS) is 10.7. The Balaban J connectivity index is 2.04. The van der Waals surface area contributed by atoms with Crippen LogP contribution in [0.4, 0.5) is 0 Å². The van der Waals surface area contributed by atoms with Crippen molar-refractivity contribution in [2.45, 2.75) is 6.92 Å². The molecule has 0 aliphatic rings. The first kappa shape index (κ1) is 17.7. The molecule has 0 saturated heterocycles. The molecule has 0 amide bonds. The fourth-order valence-corrected chi connectivity index (χ4v) is 3.08. The van der Waals surface area contributed by atoms with Crippen molar-refractivity contribution >= 4 is 30.0 Å². The summed E-state index contributed by atoms with van der Waals surface area (Å²) in [4.78, 5) is 11.0. The van der Waals surface area contributed by atoms with Crippen LogP contribution in [-0.2, 0) is 0 Å². The SMILES string of the molecule is Cc1cc(/C=C/c2cccc(-c3ccccc3)c2C#N)c(Cl)cc1C=O. The molecule has 0 bridgehead atoms. The molecule has 0 saturated carbocycles. The Bertz CT molecular complexity index is 1030. The molecule has 0 unspecified atom stereocenters. The molecule has 0 aromatic heterocycles. The highest BCUT2D eigenvalue weighted by atomic mass is 35.5. The van der Waals surface area contributed by atoms with Gasteiger partial charge in [0.15, 0.2) is 0 Å². The maximum absolute atomic E-state index is 11.0. The number of hydrogen-bond donors (Lipinski definition) is 0. The van der Waals surface area contributed by atoms with Crippen molar-refractivity contribution in [2.24, 2.45) is 0 Å². The Morgan fingerprint density at radius 3 is 2.35 bits per heavy atom. The van der Waals surface area contributed by atoms with Gasteiger partial charge in [-0.1, -0.05) is 72.3 Å². The van der Waals surface area contributed by atoms with Gasteiger partial charge in [-0.2, -0.15) is 5.26 Å². The van der Waals surface area contributed by atoms with Crippen LogP contribution in [0.25, 0.3) is 23.3 Å². The van der Waals surface area contributed by atoms with E-state index in [4.69, 9.17) is 11.6 Å². The summed E-state index contributed by atoms with van der Waals surface area (Å²) in [5, 5.41) is 10.2. The summed E-state index contributed by atoms with van der Waals surface area (Å²) in [6, 6.07) is 21.5. The summed E-state index contributed by atoms with van der Waals surface area (Å²) in [6.07, 6.45) is 4.55. The van der Waals surface area contributed by atoms with Gasteiger partial charge in [-0.05, 0) is 41.3 Å². The average Bonchev–Trinajstić information content (AvgIpc) is 2.68. The highest BCUT2D eigenvalue weighted by Gasteiger charge is 2.08. The van der Waals surface area contributed by atoms with Gasteiger partial charge in [-0.25, -0.2) is 0 Å². The van der Waals surface area contributed by atoms with E-state index in [1.807, 2.05) is 73.7 Å². The first-order chi connectivity index (χ1) is 12.6. The number of benzene rings is 3. The Hall–Kier alpha value is -3.15. The van der Waals surface area contributed by atoms with Crippen LogP contribution in [-0.4, -0.2) is 6.29 Å². The number of aryl methyl sites for hydroxylation is 1.